The van der Waals surface area contributed by atoms with Gasteiger partial charge in [0.1, 0.15) is 0 Å². The molecular formula is C135H87N9. The molecule has 6 aromatic heterocycles. The van der Waals surface area contributed by atoms with Crippen LogP contribution in [0.2, 0.25) is 0 Å². The van der Waals surface area contributed by atoms with E-state index in [1.165, 1.54) is 141 Å². The molecule has 0 aliphatic carbocycles. The zero-order valence-corrected chi connectivity index (χ0v) is 78.3. The summed E-state index contributed by atoms with van der Waals surface area (Å²) in [6.07, 6.45) is 12.6. The van der Waals surface area contributed by atoms with Crippen LogP contribution in [-0.2, 0) is 0 Å². The van der Waals surface area contributed by atoms with Crippen LogP contribution in [0, 0.1) is 0 Å². The average Bonchev–Trinajstić information content (AvgIpc) is 0.745. The van der Waals surface area contributed by atoms with Gasteiger partial charge in [-0.2, -0.15) is 0 Å². The first-order valence-electron chi connectivity index (χ1n) is 48.5. The molecule has 672 valence electrons. The van der Waals surface area contributed by atoms with Crippen LogP contribution in [0.15, 0.2) is 529 Å². The van der Waals surface area contributed by atoms with Gasteiger partial charge in [0.15, 0.2) is 23.3 Å². The third-order valence-corrected chi connectivity index (χ3v) is 27.7. The minimum Gasteiger partial charge on any atom is -0.265 e. The summed E-state index contributed by atoms with van der Waals surface area (Å²) in [5.74, 6) is 2.51. The quantitative estimate of drug-likeness (QED) is 0.0925. The second-order valence-corrected chi connectivity index (χ2v) is 36.2. The van der Waals surface area contributed by atoms with E-state index < -0.39 is 0 Å². The Morgan fingerprint density at radius 3 is 0.806 bits per heavy atom. The van der Waals surface area contributed by atoms with Gasteiger partial charge in [-0.1, -0.05) is 400 Å². The van der Waals surface area contributed by atoms with Crippen LogP contribution in [0.3, 0.4) is 0 Å². The fourth-order valence-electron chi connectivity index (χ4n) is 20.6. The second kappa shape index (κ2) is 38.2. The molecule has 0 amide bonds. The van der Waals surface area contributed by atoms with Crippen molar-refractivity contribution >= 4 is 97.0 Å². The van der Waals surface area contributed by atoms with Gasteiger partial charge in [-0.05, 0) is 265 Å². The predicted molar refractivity (Wildman–Crippen MR) is 599 cm³/mol. The highest BCUT2D eigenvalue weighted by molar-refractivity contribution is 6.28. The summed E-state index contributed by atoms with van der Waals surface area (Å²) in [7, 11) is 0. The van der Waals surface area contributed by atoms with Crippen LogP contribution >= 0.6 is 0 Å². The topological polar surface area (TPSA) is 116 Å². The smallest absolute Gasteiger partial charge is 0.164 e. The summed E-state index contributed by atoms with van der Waals surface area (Å²) < 4.78 is 0. The van der Waals surface area contributed by atoms with E-state index in [4.69, 9.17) is 24.9 Å². The number of fused-ring (bicyclic) bond motifs is 18. The van der Waals surface area contributed by atoms with Gasteiger partial charge < -0.3 is 0 Å². The Hall–Kier alpha value is -19.4. The van der Waals surface area contributed by atoms with E-state index in [2.05, 4.69) is 432 Å². The number of pyridine rings is 4. The minimum atomic E-state index is 0.593. The lowest BCUT2D eigenvalue weighted by molar-refractivity contribution is 1.07. The van der Waals surface area contributed by atoms with E-state index in [0.717, 1.165) is 101 Å². The molecule has 0 N–H and O–H groups in total. The van der Waals surface area contributed by atoms with Crippen molar-refractivity contribution in [3.05, 3.63) is 529 Å². The van der Waals surface area contributed by atoms with Crippen molar-refractivity contribution < 1.29 is 0 Å². The highest BCUT2D eigenvalue weighted by Gasteiger charge is 2.22. The molecule has 0 bridgehead atoms. The molecule has 6 heterocycles. The molecule has 9 nitrogen and oxygen atoms in total. The third kappa shape index (κ3) is 16.8. The molecule has 0 unspecified atom stereocenters. The number of hydrogen-bond donors (Lipinski definition) is 0. The van der Waals surface area contributed by atoms with Crippen molar-refractivity contribution in [2.24, 2.45) is 0 Å². The van der Waals surface area contributed by atoms with Gasteiger partial charge in [0.2, 0.25) is 0 Å². The molecule has 0 spiro atoms. The highest BCUT2D eigenvalue weighted by Crippen LogP contribution is 2.46. The summed E-state index contributed by atoms with van der Waals surface area (Å²) in [5.41, 5.74) is 28.1. The van der Waals surface area contributed by atoms with Gasteiger partial charge in [-0.25, -0.2) is 24.9 Å². The number of hydrogen-bond acceptors (Lipinski definition) is 9. The van der Waals surface area contributed by atoms with Gasteiger partial charge in [0.25, 0.3) is 0 Å². The predicted octanol–water partition coefficient (Wildman–Crippen LogP) is 35.0. The first-order valence-corrected chi connectivity index (χ1v) is 48.5. The lowest BCUT2D eigenvalue weighted by Gasteiger charge is -2.15. The van der Waals surface area contributed by atoms with Crippen LogP contribution in [0.5, 0.6) is 0 Å². The normalized spacial score (nSPS) is 11.3. The minimum absolute atomic E-state index is 0.593. The molecule has 144 heavy (non-hydrogen) atoms. The Labute approximate surface area is 833 Å². The molecule has 9 heteroatoms. The molecule has 27 aromatic rings. The highest BCUT2D eigenvalue weighted by atomic mass is 15.0. The summed E-state index contributed by atoms with van der Waals surface area (Å²) in [6, 6.07) is 172. The first kappa shape index (κ1) is 86.2. The summed E-state index contributed by atoms with van der Waals surface area (Å²) >= 11 is 0. The van der Waals surface area contributed by atoms with Crippen LogP contribution in [-0.4, -0.2) is 44.9 Å². The SMILES string of the molecule is c1ccc(-c2cc(-c3ccccc3-c3ccc(-c4ccc5c6ccccc6c6ccccc6c5c4)cc3)nc(-c3ccccc3)n2)cc1.c1ccc(-c2cc(-c3cccnc3)cc(-c3ccccc3-c3ccc(-c4ccc5c6ccccc6c6ccccc6c5c4)cc3)c2)nc1.c1ccc(-c2nc(-c3ccncc3)nc(-c3ccncc3)n2)c(-c2ccc(-c3ccc4c5ccccc5c5ccccc5c4c3)cc2)c1. The summed E-state index contributed by atoms with van der Waals surface area (Å²) in [6.45, 7) is 0. The fraction of sp³-hybridized carbons (Fsp3) is 0. The van der Waals surface area contributed by atoms with Crippen molar-refractivity contribution in [2.75, 3.05) is 0 Å². The molecule has 21 aromatic carbocycles. The zero-order chi connectivity index (χ0) is 95.6. The summed E-state index contributed by atoms with van der Waals surface area (Å²) in [4.78, 5) is 42.3. The van der Waals surface area contributed by atoms with Crippen molar-refractivity contribution in [3.8, 4) is 168 Å². The van der Waals surface area contributed by atoms with Crippen LogP contribution in [0.4, 0.5) is 0 Å². The number of rotatable bonds is 15. The molecule has 0 radical (unpaired) electrons. The third-order valence-electron chi connectivity index (χ3n) is 27.7. The standard InChI is InChI=1S/2C46H30N2.C43H27N5/c1-3-13-33(14-4-1)44-30-45(48-46(47-44)34-15-5-2-6-16-34)42-22-12-7-17-36(42)32-25-23-31(24-26-32)35-27-28-41-39-20-9-8-18-37(39)38-19-10-11-21-40(38)43(41)29-35;1-2-12-39(36-26-35(34-10-9-24-47-30-34)27-37(28-36)46-17-7-8-25-48-46)38(11-1)32-20-18-31(19-21-32)33-22-23-44-42-15-4-3-13-40(42)41-14-5-6-16-43(41)45(44)29-33;1-6-12-39(43-47-41(30-19-23-44-24-20-30)46-42(48-43)31-21-25-45-26-22-31)33(7-1)29-15-13-28(14-16-29)32-17-18-38-36-10-3-2-8-34(36)35-9-4-5-11-37(35)40(38)27-32/h2*1-30H;1-27H. The van der Waals surface area contributed by atoms with E-state index in [1.54, 1.807) is 24.8 Å². The Balaban J connectivity index is 0.000000113. The number of aromatic nitrogens is 9. The summed E-state index contributed by atoms with van der Waals surface area (Å²) in [5, 5.41) is 23.1. The zero-order valence-electron chi connectivity index (χ0n) is 78.3. The van der Waals surface area contributed by atoms with Crippen molar-refractivity contribution in [1.82, 2.24) is 44.9 Å². The van der Waals surface area contributed by atoms with Gasteiger partial charge >= 0.3 is 0 Å². The molecule has 0 atom stereocenters. The number of nitrogens with zero attached hydrogens (tertiary/aromatic N) is 9. The Bertz CT molecular complexity index is 8380. The van der Waals surface area contributed by atoms with E-state index in [0.29, 0.717) is 23.3 Å². The molecule has 0 saturated carbocycles. The lowest BCUT2D eigenvalue weighted by atomic mass is 9.89. The molecule has 0 fully saturated rings. The van der Waals surface area contributed by atoms with E-state index in [9.17, 15) is 0 Å². The van der Waals surface area contributed by atoms with Crippen LogP contribution in [0.25, 0.3) is 265 Å². The fourth-order valence-corrected chi connectivity index (χ4v) is 20.6. The Morgan fingerprint density at radius 2 is 0.403 bits per heavy atom. The van der Waals surface area contributed by atoms with Crippen molar-refractivity contribution in [3.63, 3.8) is 0 Å². The van der Waals surface area contributed by atoms with Crippen LogP contribution in [0.1, 0.15) is 0 Å². The van der Waals surface area contributed by atoms with Crippen LogP contribution < -0.4 is 0 Å². The Kier molecular flexibility index (Phi) is 22.9. The maximum atomic E-state index is 5.11. The monoisotopic (exact) mass is 1830 g/mol. The molecule has 0 aliphatic rings. The maximum Gasteiger partial charge on any atom is 0.164 e. The molecule has 0 saturated heterocycles. The van der Waals surface area contributed by atoms with Gasteiger partial charge in [0, 0.05) is 87.9 Å². The van der Waals surface area contributed by atoms with Crippen molar-refractivity contribution in [1.29, 1.82) is 0 Å². The number of benzene rings is 21. The van der Waals surface area contributed by atoms with Gasteiger partial charge in [0.05, 0.1) is 17.1 Å². The van der Waals surface area contributed by atoms with E-state index in [1.807, 2.05) is 91.4 Å². The van der Waals surface area contributed by atoms with E-state index >= 15 is 0 Å². The van der Waals surface area contributed by atoms with Gasteiger partial charge in [-0.3, -0.25) is 19.9 Å². The van der Waals surface area contributed by atoms with Gasteiger partial charge in [-0.15, -0.1) is 0 Å². The lowest BCUT2D eigenvalue weighted by Crippen LogP contribution is -2.01. The van der Waals surface area contributed by atoms with Crippen molar-refractivity contribution in [2.45, 2.75) is 0 Å². The average molecular weight is 1840 g/mol. The first-order chi connectivity index (χ1) is 71.4. The maximum absolute atomic E-state index is 5.11. The molecular weight excluding hydrogens is 1750 g/mol. The Morgan fingerprint density at radius 1 is 0.111 bits per heavy atom. The second-order valence-electron chi connectivity index (χ2n) is 36.2. The van der Waals surface area contributed by atoms with E-state index in [-0.39, 0.29) is 0 Å². The largest absolute Gasteiger partial charge is 0.265 e. The molecule has 0 aliphatic heterocycles. The molecule has 27 rings (SSSR count).